The van der Waals surface area contributed by atoms with Gasteiger partial charge in [0.25, 0.3) is 0 Å². The van der Waals surface area contributed by atoms with Crippen LogP contribution in [-0.4, -0.2) is 56.2 Å². The predicted octanol–water partition coefficient (Wildman–Crippen LogP) is 8.08. The molecular weight excluding hydrogens is 727 g/mol. The molecule has 0 atom stereocenters. The van der Waals surface area contributed by atoms with E-state index in [9.17, 15) is 14.4 Å². The monoisotopic (exact) mass is 759 g/mol. The van der Waals surface area contributed by atoms with E-state index in [1.54, 1.807) is 52.3 Å². The average molecular weight is 760 g/mol. The highest BCUT2D eigenvalue weighted by Crippen LogP contribution is 2.27. The van der Waals surface area contributed by atoms with E-state index >= 15 is 0 Å². The fourth-order valence-corrected chi connectivity index (χ4v) is 6.61. The Kier molecular flexibility index (Phi) is 9.46. The molecule has 9 aromatic rings. The Morgan fingerprint density at radius 2 is 1.41 bits per heavy atom. The molecule has 14 heteroatoms. The second kappa shape index (κ2) is 14.8. The lowest BCUT2D eigenvalue weighted by molar-refractivity contribution is -0.123. The van der Waals surface area contributed by atoms with E-state index < -0.39 is 5.41 Å². The second-order valence-electron chi connectivity index (χ2n) is 13.7. The van der Waals surface area contributed by atoms with E-state index in [4.69, 9.17) is 4.42 Å². The molecule has 2 aromatic carbocycles. The Morgan fingerprint density at radius 3 is 2.02 bits per heavy atom. The van der Waals surface area contributed by atoms with Gasteiger partial charge in [0.2, 0.25) is 17.5 Å². The smallest absolute Gasteiger partial charge is 0.233 e. The van der Waals surface area contributed by atoms with Crippen LogP contribution in [0.4, 0.5) is 5.69 Å². The summed E-state index contributed by atoms with van der Waals surface area (Å²) in [5, 5.41) is 13.6. The first-order chi connectivity index (χ1) is 27.2. The Hall–Kier alpha value is -7.32. The van der Waals surface area contributed by atoms with E-state index in [0.717, 1.165) is 28.2 Å². The van der Waals surface area contributed by atoms with Gasteiger partial charge in [-0.15, -0.1) is 11.3 Å². The molecule has 1 amide bonds. The van der Waals surface area contributed by atoms with Crippen LogP contribution in [0.15, 0.2) is 144 Å². The molecule has 0 saturated heterocycles. The molecule has 276 valence electrons. The third-order valence-electron chi connectivity index (χ3n) is 8.82. The van der Waals surface area contributed by atoms with Crippen LogP contribution in [0.1, 0.15) is 52.1 Å². The number of fused-ring (bicyclic) bond motifs is 2. The molecule has 13 nitrogen and oxygen atoms in total. The van der Waals surface area contributed by atoms with Crippen molar-refractivity contribution in [1.82, 2.24) is 38.7 Å². The van der Waals surface area contributed by atoms with Crippen LogP contribution >= 0.6 is 11.3 Å². The summed E-state index contributed by atoms with van der Waals surface area (Å²) < 4.78 is 10.5. The van der Waals surface area contributed by atoms with Crippen LogP contribution in [0, 0.1) is 5.41 Å². The first kappa shape index (κ1) is 35.7. The molecule has 9 rings (SSSR count). The van der Waals surface area contributed by atoms with Crippen molar-refractivity contribution in [3.8, 4) is 28.2 Å². The van der Waals surface area contributed by atoms with Crippen LogP contribution < -0.4 is 5.32 Å². The number of hydrogen-bond acceptors (Lipinski definition) is 10. The zero-order valence-electron chi connectivity index (χ0n) is 30.4. The van der Waals surface area contributed by atoms with Gasteiger partial charge in [-0.1, -0.05) is 51.1 Å². The minimum Gasteiger partial charge on any atom is -0.461 e. The first-order valence-electron chi connectivity index (χ1n) is 17.5. The maximum absolute atomic E-state index is 12.7. The third kappa shape index (κ3) is 7.03. The number of nitrogens with zero attached hydrogens (tertiary/aromatic N) is 8. The summed E-state index contributed by atoms with van der Waals surface area (Å²) in [6, 6.07) is 26.2. The van der Waals surface area contributed by atoms with Gasteiger partial charge in [0.1, 0.15) is 0 Å². The summed E-state index contributed by atoms with van der Waals surface area (Å²) >= 11 is 1.42. The van der Waals surface area contributed by atoms with Crippen molar-refractivity contribution in [1.29, 1.82) is 0 Å². The molecule has 0 spiro atoms. The molecule has 0 aliphatic carbocycles. The normalized spacial score (nSPS) is 11.3. The number of carbonyl (C=O) groups is 3. The lowest BCUT2D eigenvalue weighted by atomic mass is 9.95. The van der Waals surface area contributed by atoms with E-state index in [2.05, 4.69) is 36.5 Å². The Balaban J connectivity index is 0.000000158. The topological polar surface area (TPSA) is 155 Å². The lowest BCUT2D eigenvalue weighted by Crippen LogP contribution is -2.27. The van der Waals surface area contributed by atoms with Gasteiger partial charge in [-0.3, -0.25) is 14.4 Å². The van der Waals surface area contributed by atoms with Crippen LogP contribution in [-0.2, 0) is 4.79 Å². The van der Waals surface area contributed by atoms with Crippen LogP contribution in [0.2, 0.25) is 0 Å². The second-order valence-corrected chi connectivity index (χ2v) is 14.6. The van der Waals surface area contributed by atoms with Crippen molar-refractivity contribution in [3.63, 3.8) is 0 Å². The number of hydrogen-bond donors (Lipinski definition) is 1. The van der Waals surface area contributed by atoms with Crippen molar-refractivity contribution >= 4 is 45.8 Å². The van der Waals surface area contributed by atoms with Gasteiger partial charge in [0.05, 0.1) is 52.4 Å². The van der Waals surface area contributed by atoms with Crippen molar-refractivity contribution in [2.24, 2.45) is 5.41 Å². The van der Waals surface area contributed by atoms with Gasteiger partial charge < -0.3 is 14.3 Å². The number of amides is 1. The minimum atomic E-state index is -0.497. The van der Waals surface area contributed by atoms with Gasteiger partial charge in [-0.2, -0.15) is 10.2 Å². The molecule has 7 aromatic heterocycles. The number of thiophene rings is 1. The molecule has 1 N–H and O–H groups in total. The number of carbonyl (C=O) groups excluding carboxylic acids is 3. The minimum absolute atomic E-state index is 0.0585. The van der Waals surface area contributed by atoms with Crippen LogP contribution in [0.5, 0.6) is 0 Å². The Bertz CT molecular complexity index is 2830. The molecule has 0 bridgehead atoms. The highest BCUT2D eigenvalue weighted by atomic mass is 32.1. The molecule has 0 saturated carbocycles. The number of aromatic nitrogens is 8. The van der Waals surface area contributed by atoms with Crippen molar-refractivity contribution in [2.45, 2.75) is 20.8 Å². The number of rotatable bonds is 8. The summed E-state index contributed by atoms with van der Waals surface area (Å²) in [6.45, 7) is 5.58. The van der Waals surface area contributed by atoms with Gasteiger partial charge >= 0.3 is 0 Å². The molecule has 0 aliphatic rings. The quantitative estimate of drug-likeness (QED) is 0.151. The average Bonchev–Trinajstić information content (AvgIpc) is 4.07. The van der Waals surface area contributed by atoms with Crippen LogP contribution in [0.25, 0.3) is 39.5 Å². The van der Waals surface area contributed by atoms with E-state index in [-0.39, 0.29) is 23.2 Å². The number of anilines is 1. The first-order valence-corrected chi connectivity index (χ1v) is 18.4. The van der Waals surface area contributed by atoms with Gasteiger partial charge in [0.15, 0.2) is 17.1 Å². The number of benzene rings is 2. The van der Waals surface area contributed by atoms with Crippen molar-refractivity contribution < 1.29 is 18.8 Å². The maximum atomic E-state index is 12.7. The van der Waals surface area contributed by atoms with Crippen LogP contribution in [0.3, 0.4) is 0 Å². The largest absolute Gasteiger partial charge is 0.461 e. The van der Waals surface area contributed by atoms with Crippen molar-refractivity contribution in [2.75, 3.05) is 5.32 Å². The molecular formula is C42H33N9O4S. The van der Waals surface area contributed by atoms with E-state index in [1.807, 2.05) is 104 Å². The molecule has 0 unspecified atom stereocenters. The molecule has 0 fully saturated rings. The summed E-state index contributed by atoms with van der Waals surface area (Å²) in [4.78, 5) is 51.2. The van der Waals surface area contributed by atoms with Gasteiger partial charge in [-0.25, -0.2) is 24.0 Å². The SMILES string of the molecule is CC(C)(C)C(=O)Nc1cccc(-c2ccnc3c(C(=O)c4ccco4)cnn23)c1.O=C(c1cccs1)c1cnn2c(-c3cccc(-n4ccnc4)c3)ccnc12. The van der Waals surface area contributed by atoms with Crippen molar-refractivity contribution in [3.05, 3.63) is 162 Å². The summed E-state index contributed by atoms with van der Waals surface area (Å²) in [5.74, 6) is -0.170. The summed E-state index contributed by atoms with van der Waals surface area (Å²) in [6.07, 6.45) is 13.3. The number of nitrogens with one attached hydrogen (secondary N) is 1. The van der Waals surface area contributed by atoms with E-state index in [1.165, 1.54) is 23.8 Å². The molecule has 7 heterocycles. The molecule has 0 radical (unpaired) electrons. The number of imidazole rings is 1. The third-order valence-corrected chi connectivity index (χ3v) is 9.69. The van der Waals surface area contributed by atoms with Gasteiger partial charge in [0, 0.05) is 52.7 Å². The highest BCUT2D eigenvalue weighted by Gasteiger charge is 2.23. The zero-order chi connectivity index (χ0) is 38.8. The van der Waals surface area contributed by atoms with E-state index in [0.29, 0.717) is 33.0 Å². The Morgan fingerprint density at radius 1 is 0.732 bits per heavy atom. The molecule has 56 heavy (non-hydrogen) atoms. The Labute approximate surface area is 323 Å². The number of ketones is 2. The predicted molar refractivity (Wildman–Crippen MR) is 212 cm³/mol. The standard InChI is InChI=1S/C22H20N4O3.C20H13N5OS/c1-22(2,3)21(28)25-15-7-4-6-14(12-15)17-9-10-23-20-16(13-24-26(17)20)19(27)18-8-5-11-29-18;26-19(18-5-2-10-27-18)16-12-23-25-17(6-7-22-20(16)25)14-3-1-4-15(11-14)24-9-8-21-13-24/h4-13H,1-3H3,(H,25,28);1-13H. The molecule has 0 aliphatic heterocycles. The fraction of sp³-hybridized carbons (Fsp3) is 0.0952. The number of furan rings is 1. The maximum Gasteiger partial charge on any atom is 0.233 e. The zero-order valence-corrected chi connectivity index (χ0v) is 31.2. The summed E-state index contributed by atoms with van der Waals surface area (Å²) in [5.41, 5.74) is 6.48. The van der Waals surface area contributed by atoms with Gasteiger partial charge in [-0.05, 0) is 60.0 Å². The lowest BCUT2D eigenvalue weighted by Gasteiger charge is -2.18. The fourth-order valence-electron chi connectivity index (χ4n) is 5.93. The highest BCUT2D eigenvalue weighted by molar-refractivity contribution is 7.12. The summed E-state index contributed by atoms with van der Waals surface area (Å²) in [7, 11) is 0.